The maximum atomic E-state index is 12.8. The Labute approximate surface area is 180 Å². The van der Waals surface area contributed by atoms with E-state index >= 15 is 0 Å². The predicted molar refractivity (Wildman–Crippen MR) is 122 cm³/mol. The molecule has 1 amide bonds. The van der Waals surface area contributed by atoms with Crippen molar-refractivity contribution in [2.45, 2.75) is 39.2 Å². The molecule has 0 aliphatic rings. The Hall–Kier alpha value is -2.47. The second kappa shape index (κ2) is 8.91. The van der Waals surface area contributed by atoms with Gasteiger partial charge in [-0.3, -0.25) is 0 Å². The summed E-state index contributed by atoms with van der Waals surface area (Å²) in [7, 11) is 0. The summed E-state index contributed by atoms with van der Waals surface area (Å²) in [5.74, 6) is 0. The van der Waals surface area contributed by atoms with Crippen LogP contribution in [0.1, 0.15) is 31.9 Å². The monoisotopic (exact) mass is 457 g/mol. The van der Waals surface area contributed by atoms with Gasteiger partial charge in [0.05, 0.1) is 0 Å². The smallest absolute Gasteiger partial charge is 0.410 e. The zero-order valence-corrected chi connectivity index (χ0v) is 18.8. The highest BCUT2D eigenvalue weighted by molar-refractivity contribution is 9.10. The van der Waals surface area contributed by atoms with Crippen LogP contribution in [0.2, 0.25) is 0 Å². The fraction of sp³-hybridized carbons (Fsp3) is 0.348. The molecule has 5 nitrogen and oxygen atoms in total. The van der Waals surface area contributed by atoms with E-state index in [0.717, 1.165) is 39.5 Å². The molecule has 29 heavy (non-hydrogen) atoms. The number of rotatable bonds is 6. The van der Waals surface area contributed by atoms with Gasteiger partial charge in [0.25, 0.3) is 0 Å². The molecule has 0 fully saturated rings. The molecular formula is C23H28BrN3O2. The number of amides is 1. The lowest BCUT2D eigenvalue weighted by atomic mass is 10.1. The fourth-order valence-electron chi connectivity index (χ4n) is 3.20. The van der Waals surface area contributed by atoms with E-state index in [1.807, 2.05) is 57.3 Å². The van der Waals surface area contributed by atoms with Gasteiger partial charge in [-0.25, -0.2) is 4.79 Å². The number of nitrogens with zero attached hydrogens (tertiary/aromatic N) is 1. The number of benzene rings is 2. The van der Waals surface area contributed by atoms with Crippen molar-refractivity contribution in [3.63, 3.8) is 0 Å². The quantitative estimate of drug-likeness (QED) is 0.477. The van der Waals surface area contributed by atoms with Crippen molar-refractivity contribution in [2.75, 3.05) is 18.8 Å². The molecule has 0 saturated carbocycles. The average molecular weight is 458 g/mol. The highest BCUT2D eigenvalue weighted by Crippen LogP contribution is 2.22. The van der Waals surface area contributed by atoms with Gasteiger partial charge in [-0.15, -0.1) is 0 Å². The van der Waals surface area contributed by atoms with E-state index in [1.165, 1.54) is 5.56 Å². The molecule has 0 saturated heterocycles. The SMILES string of the molecule is CC(C)(C)OC(=O)N(CCc1ccc(Br)cc1)CCc1c[nH]c2cc(N)ccc12. The summed E-state index contributed by atoms with van der Waals surface area (Å²) < 4.78 is 6.68. The van der Waals surface area contributed by atoms with Crippen molar-refractivity contribution in [1.82, 2.24) is 9.88 Å². The van der Waals surface area contributed by atoms with E-state index < -0.39 is 5.60 Å². The van der Waals surface area contributed by atoms with Gasteiger partial charge in [0, 0.05) is 40.3 Å². The lowest BCUT2D eigenvalue weighted by molar-refractivity contribution is 0.0254. The number of nitrogens with two attached hydrogens (primary N) is 1. The second-order valence-corrected chi connectivity index (χ2v) is 9.13. The van der Waals surface area contributed by atoms with Crippen molar-refractivity contribution in [1.29, 1.82) is 0 Å². The first-order chi connectivity index (χ1) is 13.7. The van der Waals surface area contributed by atoms with E-state index in [0.29, 0.717) is 13.1 Å². The largest absolute Gasteiger partial charge is 0.444 e. The van der Waals surface area contributed by atoms with Crippen LogP contribution in [0.5, 0.6) is 0 Å². The van der Waals surface area contributed by atoms with Crippen LogP contribution in [-0.2, 0) is 17.6 Å². The van der Waals surface area contributed by atoms with Crippen molar-refractivity contribution in [2.24, 2.45) is 0 Å². The van der Waals surface area contributed by atoms with Crippen molar-refractivity contribution >= 4 is 38.6 Å². The molecular weight excluding hydrogens is 430 g/mol. The van der Waals surface area contributed by atoms with Gasteiger partial charge in [0.2, 0.25) is 0 Å². The second-order valence-electron chi connectivity index (χ2n) is 8.21. The van der Waals surface area contributed by atoms with E-state index in [-0.39, 0.29) is 6.09 Å². The van der Waals surface area contributed by atoms with E-state index in [4.69, 9.17) is 10.5 Å². The van der Waals surface area contributed by atoms with Crippen LogP contribution >= 0.6 is 15.9 Å². The van der Waals surface area contributed by atoms with Crippen LogP contribution in [0.4, 0.5) is 10.5 Å². The number of hydrogen-bond acceptors (Lipinski definition) is 3. The Morgan fingerprint density at radius 2 is 1.79 bits per heavy atom. The number of nitrogens with one attached hydrogen (secondary N) is 1. The molecule has 0 atom stereocenters. The number of ether oxygens (including phenoxy) is 1. The first-order valence-corrected chi connectivity index (χ1v) is 10.6. The Kier molecular flexibility index (Phi) is 6.52. The third-order valence-electron chi connectivity index (χ3n) is 4.68. The zero-order chi connectivity index (χ0) is 21.0. The summed E-state index contributed by atoms with van der Waals surface area (Å²) in [5.41, 5.74) is 9.44. The zero-order valence-electron chi connectivity index (χ0n) is 17.2. The Balaban J connectivity index is 1.71. The van der Waals surface area contributed by atoms with Crippen molar-refractivity contribution < 1.29 is 9.53 Å². The van der Waals surface area contributed by atoms with Crippen molar-refractivity contribution in [3.8, 4) is 0 Å². The van der Waals surface area contributed by atoms with E-state index in [9.17, 15) is 4.79 Å². The number of H-pyrrole nitrogens is 1. The molecule has 6 heteroatoms. The summed E-state index contributed by atoms with van der Waals surface area (Å²) in [4.78, 5) is 17.8. The number of anilines is 1. The normalized spacial score (nSPS) is 11.6. The molecule has 0 aliphatic heterocycles. The van der Waals surface area contributed by atoms with Gasteiger partial charge in [0.15, 0.2) is 0 Å². The third-order valence-corrected chi connectivity index (χ3v) is 5.21. The number of carbonyl (C=O) groups is 1. The summed E-state index contributed by atoms with van der Waals surface area (Å²) in [6, 6.07) is 14.0. The highest BCUT2D eigenvalue weighted by Gasteiger charge is 2.22. The fourth-order valence-corrected chi connectivity index (χ4v) is 3.47. The molecule has 0 aliphatic carbocycles. The molecule has 1 heterocycles. The van der Waals surface area contributed by atoms with E-state index in [2.05, 4.69) is 33.0 Å². The lowest BCUT2D eigenvalue weighted by Crippen LogP contribution is -2.39. The number of aromatic nitrogens is 1. The molecule has 0 bridgehead atoms. The third kappa shape index (κ3) is 6.00. The van der Waals surface area contributed by atoms with Crippen LogP contribution in [0.3, 0.4) is 0 Å². The molecule has 3 N–H and O–H groups in total. The van der Waals surface area contributed by atoms with Crippen LogP contribution in [-0.4, -0.2) is 34.7 Å². The first-order valence-electron chi connectivity index (χ1n) is 9.79. The number of hydrogen-bond donors (Lipinski definition) is 2. The maximum Gasteiger partial charge on any atom is 0.410 e. The standard InChI is InChI=1S/C23H28BrN3O2/c1-23(2,3)29-22(28)27(12-10-16-4-6-18(24)7-5-16)13-11-17-15-26-21-14-19(25)8-9-20(17)21/h4-9,14-15,26H,10-13,25H2,1-3H3. The molecule has 0 unspecified atom stereocenters. The van der Waals surface area contributed by atoms with Crippen LogP contribution in [0.25, 0.3) is 10.9 Å². The molecule has 1 aromatic heterocycles. The Bertz CT molecular complexity index is 974. The molecule has 0 spiro atoms. The highest BCUT2D eigenvalue weighted by atomic mass is 79.9. The van der Waals surface area contributed by atoms with Gasteiger partial charge in [-0.05, 0) is 69.0 Å². The number of fused-ring (bicyclic) bond motifs is 1. The van der Waals surface area contributed by atoms with Crippen LogP contribution in [0, 0.1) is 0 Å². The number of carbonyl (C=O) groups excluding carboxylic acids is 1. The summed E-state index contributed by atoms with van der Waals surface area (Å²) in [5, 5.41) is 1.14. The molecule has 3 rings (SSSR count). The average Bonchev–Trinajstić information content (AvgIpc) is 3.03. The summed E-state index contributed by atoms with van der Waals surface area (Å²) in [6.07, 6.45) is 3.23. The number of aromatic amines is 1. The molecule has 0 radical (unpaired) electrons. The minimum absolute atomic E-state index is 0.279. The van der Waals surface area contributed by atoms with Gasteiger partial charge in [0.1, 0.15) is 5.60 Å². The van der Waals surface area contributed by atoms with Gasteiger partial charge >= 0.3 is 6.09 Å². The number of nitrogen functional groups attached to an aromatic ring is 1. The van der Waals surface area contributed by atoms with E-state index in [1.54, 1.807) is 4.90 Å². The lowest BCUT2D eigenvalue weighted by Gasteiger charge is -2.27. The Morgan fingerprint density at radius 3 is 2.48 bits per heavy atom. The predicted octanol–water partition coefficient (Wildman–Crippen LogP) is 5.53. The molecule has 154 valence electrons. The van der Waals surface area contributed by atoms with Crippen molar-refractivity contribution in [3.05, 3.63) is 64.3 Å². The molecule has 2 aromatic carbocycles. The number of halogens is 1. The van der Waals surface area contributed by atoms with Crippen LogP contribution in [0.15, 0.2) is 53.1 Å². The maximum absolute atomic E-state index is 12.8. The minimum Gasteiger partial charge on any atom is -0.444 e. The van der Waals surface area contributed by atoms with Crippen LogP contribution < -0.4 is 5.73 Å². The Morgan fingerprint density at radius 1 is 1.10 bits per heavy atom. The topological polar surface area (TPSA) is 71.3 Å². The molecule has 3 aromatic rings. The van der Waals surface area contributed by atoms with Gasteiger partial charge < -0.3 is 20.4 Å². The van der Waals surface area contributed by atoms with Gasteiger partial charge in [-0.2, -0.15) is 0 Å². The first kappa shape index (κ1) is 21.2. The summed E-state index contributed by atoms with van der Waals surface area (Å²) in [6.45, 7) is 6.86. The summed E-state index contributed by atoms with van der Waals surface area (Å²) >= 11 is 3.46. The van der Waals surface area contributed by atoms with Gasteiger partial charge in [-0.1, -0.05) is 34.1 Å². The minimum atomic E-state index is -0.523.